The lowest BCUT2D eigenvalue weighted by molar-refractivity contribution is -0.147. The van der Waals surface area contributed by atoms with Crippen molar-refractivity contribution in [2.45, 2.75) is 19.9 Å². The van der Waals surface area contributed by atoms with Crippen LogP contribution in [-0.2, 0) is 20.9 Å². The Morgan fingerprint density at radius 1 is 1.04 bits per heavy atom. The van der Waals surface area contributed by atoms with Gasteiger partial charge in [0.25, 0.3) is 0 Å². The van der Waals surface area contributed by atoms with Crippen molar-refractivity contribution in [1.29, 1.82) is 0 Å². The maximum absolute atomic E-state index is 12.9. The summed E-state index contributed by atoms with van der Waals surface area (Å²) in [5, 5.41) is 0. The first-order chi connectivity index (χ1) is 13.4. The number of rotatable bonds is 6. The second-order valence-corrected chi connectivity index (χ2v) is 8.23. The number of anilines is 1. The number of hydrogen-bond donors (Lipinski definition) is 0. The molecule has 4 rings (SSSR count). The fraction of sp³-hybridized carbons (Fsp3) is 0.500. The predicted octanol–water partition coefficient (Wildman–Crippen LogP) is 1.91. The molecule has 6 nitrogen and oxygen atoms in total. The summed E-state index contributed by atoms with van der Waals surface area (Å²) in [5.74, 6) is -0.652. The van der Waals surface area contributed by atoms with Gasteiger partial charge < -0.3 is 9.80 Å². The van der Waals surface area contributed by atoms with Crippen LogP contribution >= 0.6 is 0 Å². The molecule has 0 radical (unpaired) electrons. The van der Waals surface area contributed by atoms with E-state index in [2.05, 4.69) is 12.2 Å². The van der Waals surface area contributed by atoms with Crippen LogP contribution in [-0.4, -0.2) is 54.7 Å². The summed E-state index contributed by atoms with van der Waals surface area (Å²) in [6.07, 6.45) is 5.04. The van der Waals surface area contributed by atoms with Gasteiger partial charge in [0.1, 0.15) is 6.54 Å². The molecule has 0 aromatic heterocycles. The summed E-state index contributed by atoms with van der Waals surface area (Å²) < 4.78 is 0. The van der Waals surface area contributed by atoms with E-state index in [4.69, 9.17) is 0 Å². The summed E-state index contributed by atoms with van der Waals surface area (Å²) in [6, 6.07) is 8.05. The van der Waals surface area contributed by atoms with E-state index >= 15 is 0 Å². The second-order valence-electron chi connectivity index (χ2n) is 8.23. The van der Waals surface area contributed by atoms with Gasteiger partial charge in [-0.3, -0.25) is 19.3 Å². The Morgan fingerprint density at radius 2 is 1.61 bits per heavy atom. The van der Waals surface area contributed by atoms with E-state index in [-0.39, 0.29) is 47.9 Å². The highest BCUT2D eigenvalue weighted by Gasteiger charge is 2.59. The third kappa shape index (κ3) is 3.01. The quantitative estimate of drug-likeness (QED) is 0.558. The molecule has 3 aliphatic rings. The highest BCUT2D eigenvalue weighted by Crippen LogP contribution is 2.52. The summed E-state index contributed by atoms with van der Waals surface area (Å²) in [4.78, 5) is 43.4. The molecule has 1 aromatic rings. The van der Waals surface area contributed by atoms with Gasteiger partial charge in [0, 0.05) is 32.9 Å². The smallest absolute Gasteiger partial charge is 0.243 e. The first-order valence-electron chi connectivity index (χ1n) is 9.98. The molecular weight excluding hydrogens is 354 g/mol. The molecule has 2 aliphatic carbocycles. The first kappa shape index (κ1) is 18.7. The van der Waals surface area contributed by atoms with Gasteiger partial charge in [0.05, 0.1) is 11.8 Å². The molecule has 148 valence electrons. The zero-order valence-electron chi connectivity index (χ0n) is 16.7. The van der Waals surface area contributed by atoms with Crippen LogP contribution in [0, 0.1) is 23.7 Å². The Balaban J connectivity index is 1.42. The Bertz CT molecular complexity index is 800. The molecule has 2 fully saturated rings. The van der Waals surface area contributed by atoms with Crippen LogP contribution in [0.3, 0.4) is 0 Å². The van der Waals surface area contributed by atoms with Gasteiger partial charge in [-0.2, -0.15) is 0 Å². The van der Waals surface area contributed by atoms with Gasteiger partial charge in [-0.25, -0.2) is 0 Å². The lowest BCUT2D eigenvalue weighted by Crippen LogP contribution is -2.43. The van der Waals surface area contributed by atoms with Gasteiger partial charge in [-0.1, -0.05) is 24.3 Å². The molecule has 28 heavy (non-hydrogen) atoms. The van der Waals surface area contributed by atoms with E-state index < -0.39 is 0 Å². The van der Waals surface area contributed by atoms with Crippen molar-refractivity contribution in [2.75, 3.05) is 32.1 Å². The highest BCUT2D eigenvalue weighted by molar-refractivity contribution is 6.08. The number of fused-ring (bicyclic) bond motifs is 5. The summed E-state index contributed by atoms with van der Waals surface area (Å²) in [5.41, 5.74) is 2.13. The van der Waals surface area contributed by atoms with Gasteiger partial charge >= 0.3 is 0 Å². The van der Waals surface area contributed by atoms with Crippen molar-refractivity contribution in [2.24, 2.45) is 23.7 Å². The molecule has 6 heteroatoms. The number of hydrogen-bond acceptors (Lipinski definition) is 4. The number of imide groups is 1. The van der Waals surface area contributed by atoms with E-state index in [1.807, 2.05) is 50.2 Å². The third-order valence-corrected chi connectivity index (χ3v) is 6.42. The van der Waals surface area contributed by atoms with Crippen molar-refractivity contribution >= 4 is 23.4 Å². The molecule has 1 heterocycles. The Hall–Kier alpha value is -2.63. The Labute approximate surface area is 165 Å². The maximum Gasteiger partial charge on any atom is 0.243 e. The SMILES string of the molecule is CCN(Cc1ccc(N(C)C)cc1)C(=O)CN1C(=O)C2C3C=CC(C3)C2C1=O. The standard InChI is InChI=1S/C22H27N3O3/c1-4-24(12-14-5-9-17(10-6-14)23(2)3)18(26)13-25-21(27)19-15-7-8-16(11-15)20(19)22(25)28/h5-10,15-16,19-20H,4,11-13H2,1-3H3. The number of likely N-dealkylation sites (N-methyl/N-ethyl adjacent to an activating group) is 1. The second kappa shape index (κ2) is 7.08. The topological polar surface area (TPSA) is 60.9 Å². The van der Waals surface area contributed by atoms with Crippen molar-refractivity contribution < 1.29 is 14.4 Å². The molecule has 1 saturated carbocycles. The van der Waals surface area contributed by atoms with Crippen LogP contribution in [0.4, 0.5) is 5.69 Å². The molecule has 4 unspecified atom stereocenters. The average molecular weight is 381 g/mol. The number of benzene rings is 1. The Kier molecular flexibility index (Phi) is 4.73. The minimum Gasteiger partial charge on any atom is -0.378 e. The van der Waals surface area contributed by atoms with Crippen molar-refractivity contribution in [3.63, 3.8) is 0 Å². The molecule has 1 aromatic carbocycles. The first-order valence-corrected chi connectivity index (χ1v) is 9.98. The molecule has 1 aliphatic heterocycles. The molecule has 3 amide bonds. The fourth-order valence-electron chi connectivity index (χ4n) is 4.85. The minimum atomic E-state index is -0.246. The van der Waals surface area contributed by atoms with Crippen LogP contribution < -0.4 is 4.90 Å². The summed E-state index contributed by atoms with van der Waals surface area (Å²) in [6.45, 7) is 2.77. The fourth-order valence-corrected chi connectivity index (χ4v) is 4.85. The third-order valence-electron chi connectivity index (χ3n) is 6.42. The molecule has 2 bridgehead atoms. The highest BCUT2D eigenvalue weighted by atomic mass is 16.2. The molecule has 1 saturated heterocycles. The number of carbonyl (C=O) groups is 3. The molecular formula is C22H27N3O3. The van der Waals surface area contributed by atoms with Crippen LogP contribution in [0.15, 0.2) is 36.4 Å². The summed E-state index contributed by atoms with van der Waals surface area (Å²) in [7, 11) is 3.97. The van der Waals surface area contributed by atoms with Crippen LogP contribution in [0.2, 0.25) is 0 Å². The normalized spacial score (nSPS) is 27.5. The van der Waals surface area contributed by atoms with Gasteiger partial charge in [-0.15, -0.1) is 0 Å². The zero-order chi connectivity index (χ0) is 20.0. The van der Waals surface area contributed by atoms with E-state index in [1.54, 1.807) is 4.90 Å². The van der Waals surface area contributed by atoms with Crippen LogP contribution in [0.5, 0.6) is 0 Å². The number of carbonyl (C=O) groups excluding carboxylic acids is 3. The van der Waals surface area contributed by atoms with Gasteiger partial charge in [-0.05, 0) is 42.9 Å². The van der Waals surface area contributed by atoms with E-state index in [0.29, 0.717) is 13.1 Å². The molecule has 0 spiro atoms. The van der Waals surface area contributed by atoms with Gasteiger partial charge in [0.15, 0.2) is 0 Å². The zero-order valence-corrected chi connectivity index (χ0v) is 16.7. The lowest BCUT2D eigenvalue weighted by Gasteiger charge is -2.24. The van der Waals surface area contributed by atoms with Gasteiger partial charge in [0.2, 0.25) is 17.7 Å². The minimum absolute atomic E-state index is 0.145. The van der Waals surface area contributed by atoms with Crippen molar-refractivity contribution in [1.82, 2.24) is 9.80 Å². The van der Waals surface area contributed by atoms with Crippen molar-refractivity contribution in [3.05, 3.63) is 42.0 Å². The Morgan fingerprint density at radius 3 is 2.11 bits per heavy atom. The van der Waals surface area contributed by atoms with Crippen LogP contribution in [0.25, 0.3) is 0 Å². The number of nitrogens with zero attached hydrogens (tertiary/aromatic N) is 3. The van der Waals surface area contributed by atoms with E-state index in [9.17, 15) is 14.4 Å². The van der Waals surface area contributed by atoms with Crippen LogP contribution in [0.1, 0.15) is 18.9 Å². The van der Waals surface area contributed by atoms with E-state index in [0.717, 1.165) is 17.7 Å². The molecule has 4 atom stereocenters. The number of allylic oxidation sites excluding steroid dienone is 2. The monoisotopic (exact) mass is 381 g/mol. The lowest BCUT2D eigenvalue weighted by atomic mass is 9.85. The molecule has 0 N–H and O–H groups in total. The van der Waals surface area contributed by atoms with E-state index in [1.165, 1.54) is 4.90 Å². The number of amides is 3. The van der Waals surface area contributed by atoms with Crippen molar-refractivity contribution in [3.8, 4) is 0 Å². The largest absolute Gasteiger partial charge is 0.378 e. The number of likely N-dealkylation sites (tertiary alicyclic amines) is 1. The average Bonchev–Trinajstić information content (AvgIpc) is 3.36. The predicted molar refractivity (Wildman–Crippen MR) is 106 cm³/mol. The summed E-state index contributed by atoms with van der Waals surface area (Å²) >= 11 is 0. The maximum atomic E-state index is 12.9.